The number of aromatic nitrogens is 4. The predicted octanol–water partition coefficient (Wildman–Crippen LogP) is 2.68. The number of furan rings is 1. The Labute approximate surface area is 143 Å². The van der Waals surface area contributed by atoms with Crippen molar-refractivity contribution in [3.63, 3.8) is 0 Å². The minimum Gasteiger partial charge on any atom is -0.456 e. The number of likely N-dealkylation sites (tertiary alicyclic amines) is 1. The number of carbonyl (C=O) groups is 1. The van der Waals surface area contributed by atoms with Gasteiger partial charge in [-0.2, -0.15) is 0 Å². The van der Waals surface area contributed by atoms with Crippen molar-refractivity contribution < 1.29 is 13.6 Å². The van der Waals surface area contributed by atoms with Gasteiger partial charge in [0.05, 0.1) is 11.7 Å². The third-order valence-corrected chi connectivity index (χ3v) is 4.23. The highest BCUT2D eigenvalue weighted by Gasteiger charge is 2.34. The Hall–Kier alpha value is -3.03. The van der Waals surface area contributed by atoms with Crippen molar-refractivity contribution in [2.45, 2.75) is 25.8 Å². The Morgan fingerprint density at radius 1 is 1.32 bits per heavy atom. The van der Waals surface area contributed by atoms with Crippen LogP contribution in [0.2, 0.25) is 0 Å². The van der Waals surface area contributed by atoms with Gasteiger partial charge in [0.1, 0.15) is 11.6 Å². The van der Waals surface area contributed by atoms with E-state index >= 15 is 0 Å². The van der Waals surface area contributed by atoms with Gasteiger partial charge in [0.15, 0.2) is 11.6 Å². The molecule has 1 amide bonds. The first kappa shape index (κ1) is 15.5. The molecule has 0 aliphatic carbocycles. The highest BCUT2D eigenvalue weighted by atomic mass is 19.1. The van der Waals surface area contributed by atoms with Crippen molar-refractivity contribution >= 4 is 5.91 Å². The molecule has 4 rings (SSSR count). The maximum atomic E-state index is 13.4. The molecule has 1 aromatic carbocycles. The van der Waals surface area contributed by atoms with Crippen molar-refractivity contribution in [3.8, 4) is 5.69 Å². The van der Waals surface area contributed by atoms with E-state index in [0.717, 1.165) is 12.8 Å². The van der Waals surface area contributed by atoms with Crippen LogP contribution in [0.4, 0.5) is 4.39 Å². The number of tetrazole rings is 1. The fourth-order valence-electron chi connectivity index (χ4n) is 3.04. The van der Waals surface area contributed by atoms with Crippen molar-refractivity contribution in [2.75, 3.05) is 6.54 Å². The summed E-state index contributed by atoms with van der Waals surface area (Å²) in [6.45, 7) is 2.40. The zero-order valence-electron chi connectivity index (χ0n) is 13.6. The van der Waals surface area contributed by atoms with E-state index in [0.29, 0.717) is 29.6 Å². The minimum atomic E-state index is -0.373. The highest BCUT2D eigenvalue weighted by Crippen LogP contribution is 2.31. The minimum absolute atomic E-state index is 0.183. The zero-order chi connectivity index (χ0) is 17.4. The molecule has 8 heteroatoms. The average molecular weight is 341 g/mol. The van der Waals surface area contributed by atoms with Crippen LogP contribution in [0.25, 0.3) is 5.69 Å². The molecule has 0 bridgehead atoms. The number of halogens is 1. The number of nitrogens with zero attached hydrogens (tertiary/aromatic N) is 5. The van der Waals surface area contributed by atoms with Crippen LogP contribution in [0.3, 0.4) is 0 Å². The van der Waals surface area contributed by atoms with Gasteiger partial charge in [-0.25, -0.2) is 4.39 Å². The van der Waals surface area contributed by atoms with E-state index in [1.165, 1.54) is 16.9 Å². The van der Waals surface area contributed by atoms with Crippen molar-refractivity contribution in [3.05, 3.63) is 59.6 Å². The van der Waals surface area contributed by atoms with Crippen LogP contribution >= 0.6 is 0 Å². The largest absolute Gasteiger partial charge is 0.456 e. The molecule has 3 aromatic rings. The smallest absolute Gasteiger partial charge is 0.290 e. The molecule has 2 aromatic heterocycles. The van der Waals surface area contributed by atoms with Crippen molar-refractivity contribution in [2.24, 2.45) is 0 Å². The molecule has 128 valence electrons. The van der Waals surface area contributed by atoms with E-state index < -0.39 is 0 Å². The van der Waals surface area contributed by atoms with Gasteiger partial charge in [-0.3, -0.25) is 4.79 Å². The lowest BCUT2D eigenvalue weighted by Gasteiger charge is -2.20. The number of benzene rings is 1. The first-order valence-corrected chi connectivity index (χ1v) is 8.05. The van der Waals surface area contributed by atoms with Gasteiger partial charge >= 0.3 is 0 Å². The monoisotopic (exact) mass is 341 g/mol. The second-order valence-corrected chi connectivity index (χ2v) is 5.98. The second-order valence-electron chi connectivity index (χ2n) is 5.98. The topological polar surface area (TPSA) is 77.1 Å². The van der Waals surface area contributed by atoms with Gasteiger partial charge in [0.2, 0.25) is 0 Å². The van der Waals surface area contributed by atoms with Crippen LogP contribution in [0, 0.1) is 12.7 Å². The Kier molecular flexibility index (Phi) is 3.79. The standard InChI is InChI=1S/C17H16FN5O2/c1-11-7-8-15(25-11)17(24)22-9-3-6-14(22)16-19-21-23(20-16)13-5-2-4-12(18)10-13/h2,4-5,7-8,10,14H,3,6,9H2,1H3. The van der Waals surface area contributed by atoms with E-state index in [4.69, 9.17) is 4.42 Å². The Balaban J connectivity index is 1.60. The Bertz CT molecular complexity index is 919. The van der Waals surface area contributed by atoms with Crippen LogP contribution in [-0.4, -0.2) is 37.6 Å². The molecule has 3 heterocycles. The highest BCUT2D eigenvalue weighted by molar-refractivity contribution is 5.92. The molecule has 7 nitrogen and oxygen atoms in total. The van der Waals surface area contributed by atoms with Gasteiger partial charge in [0.25, 0.3) is 5.91 Å². The van der Waals surface area contributed by atoms with Crippen LogP contribution in [0.5, 0.6) is 0 Å². The molecule has 0 N–H and O–H groups in total. The van der Waals surface area contributed by atoms with Crippen LogP contribution in [0.1, 0.15) is 41.0 Å². The van der Waals surface area contributed by atoms with Crippen LogP contribution < -0.4 is 0 Å². The first-order valence-electron chi connectivity index (χ1n) is 8.05. The van der Waals surface area contributed by atoms with Gasteiger partial charge in [-0.1, -0.05) is 6.07 Å². The SMILES string of the molecule is Cc1ccc(C(=O)N2CCCC2c2nnn(-c3cccc(F)c3)n2)o1. The number of hydrogen-bond donors (Lipinski definition) is 0. The fraction of sp³-hybridized carbons (Fsp3) is 0.294. The predicted molar refractivity (Wildman–Crippen MR) is 85.6 cm³/mol. The number of hydrogen-bond acceptors (Lipinski definition) is 5. The van der Waals surface area contributed by atoms with Gasteiger partial charge in [-0.05, 0) is 49.2 Å². The summed E-state index contributed by atoms with van der Waals surface area (Å²) >= 11 is 0. The van der Waals surface area contributed by atoms with Gasteiger partial charge in [0, 0.05) is 12.6 Å². The van der Waals surface area contributed by atoms with Crippen molar-refractivity contribution in [1.82, 2.24) is 25.1 Å². The summed E-state index contributed by atoms with van der Waals surface area (Å²) in [5, 5.41) is 12.4. The third-order valence-electron chi connectivity index (χ3n) is 4.23. The quantitative estimate of drug-likeness (QED) is 0.732. The van der Waals surface area contributed by atoms with Gasteiger partial charge < -0.3 is 9.32 Å². The molecule has 0 saturated carbocycles. The summed E-state index contributed by atoms with van der Waals surface area (Å²) in [5.41, 5.74) is 0.483. The first-order chi connectivity index (χ1) is 12.1. The van der Waals surface area contributed by atoms with E-state index in [-0.39, 0.29) is 17.8 Å². The normalized spacial score (nSPS) is 17.2. The molecule has 1 aliphatic rings. The Morgan fingerprint density at radius 3 is 2.96 bits per heavy atom. The molecule has 1 aliphatic heterocycles. The number of rotatable bonds is 3. The maximum absolute atomic E-state index is 13.4. The molecular weight excluding hydrogens is 325 g/mol. The van der Waals surface area contributed by atoms with E-state index in [1.54, 1.807) is 36.1 Å². The molecule has 25 heavy (non-hydrogen) atoms. The number of amides is 1. The summed E-state index contributed by atoms with van der Waals surface area (Å²) in [4.78, 5) is 15.6. The summed E-state index contributed by atoms with van der Waals surface area (Å²) in [6.07, 6.45) is 1.60. The summed E-state index contributed by atoms with van der Waals surface area (Å²) in [5.74, 6) is 0.884. The average Bonchev–Trinajstić information content (AvgIpc) is 3.34. The molecule has 0 spiro atoms. The van der Waals surface area contributed by atoms with Gasteiger partial charge in [-0.15, -0.1) is 15.0 Å². The molecule has 1 fully saturated rings. The lowest BCUT2D eigenvalue weighted by molar-refractivity contribution is 0.0696. The number of carbonyl (C=O) groups excluding carboxylic acids is 1. The molecule has 0 radical (unpaired) electrons. The molecule has 1 atom stereocenters. The number of aryl methyl sites for hydroxylation is 1. The zero-order valence-corrected chi connectivity index (χ0v) is 13.6. The van der Waals surface area contributed by atoms with E-state index in [9.17, 15) is 9.18 Å². The van der Waals surface area contributed by atoms with Crippen LogP contribution in [0.15, 0.2) is 40.8 Å². The molecule has 1 saturated heterocycles. The van der Waals surface area contributed by atoms with Crippen LogP contribution in [-0.2, 0) is 0 Å². The lowest BCUT2D eigenvalue weighted by Crippen LogP contribution is -2.30. The molecule has 1 unspecified atom stereocenters. The second kappa shape index (κ2) is 6.12. The summed E-state index contributed by atoms with van der Waals surface area (Å²) in [7, 11) is 0. The fourth-order valence-corrected chi connectivity index (χ4v) is 3.04. The van der Waals surface area contributed by atoms with E-state index in [1.807, 2.05) is 0 Å². The van der Waals surface area contributed by atoms with Crippen molar-refractivity contribution in [1.29, 1.82) is 0 Å². The molecular formula is C17H16FN5O2. The summed E-state index contributed by atoms with van der Waals surface area (Å²) < 4.78 is 18.8. The lowest BCUT2D eigenvalue weighted by atomic mass is 10.2. The Morgan fingerprint density at radius 2 is 2.20 bits per heavy atom. The van der Waals surface area contributed by atoms with E-state index in [2.05, 4.69) is 15.4 Å². The summed E-state index contributed by atoms with van der Waals surface area (Å²) in [6, 6.07) is 9.12. The third kappa shape index (κ3) is 2.90. The maximum Gasteiger partial charge on any atom is 0.290 e.